The molecule has 0 bridgehead atoms. The Morgan fingerprint density at radius 2 is 1.52 bits per heavy atom. The normalized spacial score (nSPS) is 17.6. The minimum atomic E-state index is -0.252. The molecule has 0 heterocycles. The van der Waals surface area contributed by atoms with Gasteiger partial charge in [-0.2, -0.15) is 0 Å². The summed E-state index contributed by atoms with van der Waals surface area (Å²) >= 11 is 0. The largest absolute Gasteiger partial charge is 0.356 e. The van der Waals surface area contributed by atoms with Crippen molar-refractivity contribution in [3.63, 3.8) is 0 Å². The van der Waals surface area contributed by atoms with Gasteiger partial charge in [-0.3, -0.25) is 4.79 Å². The van der Waals surface area contributed by atoms with Crippen molar-refractivity contribution in [2.24, 2.45) is 11.1 Å². The van der Waals surface area contributed by atoms with Crippen LogP contribution in [-0.2, 0) is 4.79 Å². The lowest BCUT2D eigenvalue weighted by Crippen LogP contribution is -2.47. The molecule has 0 aliphatic heterocycles. The molecule has 1 amide bonds. The van der Waals surface area contributed by atoms with Crippen LogP contribution in [0, 0.1) is 5.41 Å². The minimum absolute atomic E-state index is 0.215. The highest BCUT2D eigenvalue weighted by molar-refractivity contribution is 5.82. The van der Waals surface area contributed by atoms with Gasteiger partial charge in [-0.1, -0.05) is 71.1 Å². The Kier molecular flexibility index (Phi) is 9.73. The van der Waals surface area contributed by atoms with Gasteiger partial charge in [0.25, 0.3) is 0 Å². The van der Waals surface area contributed by atoms with E-state index in [-0.39, 0.29) is 11.3 Å². The molecule has 1 aliphatic rings. The first-order valence-corrected chi connectivity index (χ1v) is 9.23. The lowest BCUT2D eigenvalue weighted by Gasteiger charge is -2.34. The molecule has 0 aromatic rings. The van der Waals surface area contributed by atoms with Crippen LogP contribution in [0.2, 0.25) is 0 Å². The third-order valence-corrected chi connectivity index (χ3v) is 5.00. The molecule has 1 rings (SSSR count). The standard InChI is InChI=1S/C18H36N2O/c1-2-3-4-5-6-7-8-12-15-20-17(21)18(16-19)13-10-9-11-14-18/h2-16,19H2,1H3,(H,20,21). The van der Waals surface area contributed by atoms with Gasteiger partial charge in [0, 0.05) is 13.1 Å². The summed E-state index contributed by atoms with van der Waals surface area (Å²) in [7, 11) is 0. The van der Waals surface area contributed by atoms with Crippen LogP contribution in [-0.4, -0.2) is 19.0 Å². The van der Waals surface area contributed by atoms with E-state index in [1.54, 1.807) is 0 Å². The van der Waals surface area contributed by atoms with E-state index in [1.165, 1.54) is 51.4 Å². The van der Waals surface area contributed by atoms with Gasteiger partial charge in [-0.05, 0) is 19.3 Å². The Balaban J connectivity index is 2.05. The smallest absolute Gasteiger partial charge is 0.227 e. The Labute approximate surface area is 131 Å². The molecule has 0 saturated heterocycles. The number of hydrogen-bond acceptors (Lipinski definition) is 2. The first-order valence-electron chi connectivity index (χ1n) is 9.23. The average Bonchev–Trinajstić information content (AvgIpc) is 2.53. The Morgan fingerprint density at radius 3 is 2.10 bits per heavy atom. The third kappa shape index (κ3) is 6.82. The van der Waals surface area contributed by atoms with Gasteiger partial charge in [0.2, 0.25) is 5.91 Å². The van der Waals surface area contributed by atoms with Crippen LogP contribution >= 0.6 is 0 Å². The van der Waals surface area contributed by atoms with Gasteiger partial charge in [0.05, 0.1) is 5.41 Å². The lowest BCUT2D eigenvalue weighted by atomic mass is 9.73. The number of hydrogen-bond donors (Lipinski definition) is 2. The molecular weight excluding hydrogens is 260 g/mol. The molecule has 3 N–H and O–H groups in total. The van der Waals surface area contributed by atoms with E-state index in [4.69, 9.17) is 5.73 Å². The van der Waals surface area contributed by atoms with Crippen molar-refractivity contribution in [2.45, 2.75) is 90.4 Å². The first-order chi connectivity index (χ1) is 10.2. The zero-order valence-corrected chi connectivity index (χ0v) is 14.1. The van der Waals surface area contributed by atoms with Crippen molar-refractivity contribution in [2.75, 3.05) is 13.1 Å². The molecule has 0 atom stereocenters. The van der Waals surface area contributed by atoms with Crippen molar-refractivity contribution < 1.29 is 4.79 Å². The van der Waals surface area contributed by atoms with Gasteiger partial charge in [-0.25, -0.2) is 0 Å². The fraction of sp³-hybridized carbons (Fsp3) is 0.944. The average molecular weight is 296 g/mol. The first kappa shape index (κ1) is 18.5. The number of carbonyl (C=O) groups excluding carboxylic acids is 1. The molecule has 0 aromatic carbocycles. The fourth-order valence-corrected chi connectivity index (χ4v) is 3.40. The molecule has 1 fully saturated rings. The lowest BCUT2D eigenvalue weighted by molar-refractivity contribution is -0.132. The molecule has 0 aromatic heterocycles. The summed E-state index contributed by atoms with van der Waals surface area (Å²) in [6, 6.07) is 0. The van der Waals surface area contributed by atoms with Crippen LogP contribution in [0.3, 0.4) is 0 Å². The highest BCUT2D eigenvalue weighted by Crippen LogP contribution is 2.35. The highest BCUT2D eigenvalue weighted by atomic mass is 16.2. The number of unbranched alkanes of at least 4 members (excludes halogenated alkanes) is 7. The van der Waals surface area contributed by atoms with E-state index >= 15 is 0 Å². The maximum Gasteiger partial charge on any atom is 0.227 e. The summed E-state index contributed by atoms with van der Waals surface area (Å²) in [5.41, 5.74) is 5.64. The summed E-state index contributed by atoms with van der Waals surface area (Å²) < 4.78 is 0. The Hall–Kier alpha value is -0.570. The van der Waals surface area contributed by atoms with Crippen molar-refractivity contribution in [3.8, 4) is 0 Å². The maximum atomic E-state index is 12.4. The highest BCUT2D eigenvalue weighted by Gasteiger charge is 2.37. The van der Waals surface area contributed by atoms with Crippen LogP contribution < -0.4 is 11.1 Å². The molecule has 1 aliphatic carbocycles. The van der Waals surface area contributed by atoms with Crippen LogP contribution in [0.5, 0.6) is 0 Å². The van der Waals surface area contributed by atoms with E-state index in [2.05, 4.69) is 12.2 Å². The molecule has 3 nitrogen and oxygen atoms in total. The summed E-state index contributed by atoms with van der Waals surface area (Å²) in [4.78, 5) is 12.4. The third-order valence-electron chi connectivity index (χ3n) is 5.00. The Bertz CT molecular complexity index is 272. The summed E-state index contributed by atoms with van der Waals surface area (Å²) in [5, 5.41) is 3.14. The van der Waals surface area contributed by atoms with Crippen LogP contribution in [0.15, 0.2) is 0 Å². The molecule has 21 heavy (non-hydrogen) atoms. The zero-order chi connectivity index (χ0) is 15.4. The van der Waals surface area contributed by atoms with E-state index in [9.17, 15) is 4.79 Å². The molecule has 0 radical (unpaired) electrons. The number of nitrogens with two attached hydrogens (primary N) is 1. The topological polar surface area (TPSA) is 55.1 Å². The van der Waals surface area contributed by atoms with Crippen molar-refractivity contribution in [1.82, 2.24) is 5.32 Å². The molecule has 1 saturated carbocycles. The number of rotatable bonds is 11. The second kappa shape index (κ2) is 11.1. The number of amides is 1. The van der Waals surface area contributed by atoms with Crippen molar-refractivity contribution >= 4 is 5.91 Å². The molecule has 124 valence electrons. The summed E-state index contributed by atoms with van der Waals surface area (Å²) in [6.45, 7) is 3.59. The fourth-order valence-electron chi connectivity index (χ4n) is 3.40. The number of nitrogens with one attached hydrogen (secondary N) is 1. The SMILES string of the molecule is CCCCCCCCCCNC(=O)C1(CN)CCCCC1. The Morgan fingerprint density at radius 1 is 0.952 bits per heavy atom. The molecule has 0 spiro atoms. The van der Waals surface area contributed by atoms with Gasteiger partial charge in [0.15, 0.2) is 0 Å². The van der Waals surface area contributed by atoms with Crippen molar-refractivity contribution in [1.29, 1.82) is 0 Å². The minimum Gasteiger partial charge on any atom is -0.356 e. The molecular formula is C18H36N2O. The second-order valence-corrected chi connectivity index (χ2v) is 6.78. The van der Waals surface area contributed by atoms with E-state index < -0.39 is 0 Å². The molecule has 0 unspecified atom stereocenters. The predicted molar refractivity (Wildman–Crippen MR) is 90.2 cm³/mol. The van der Waals surface area contributed by atoms with Crippen LogP contribution in [0.4, 0.5) is 0 Å². The summed E-state index contributed by atoms with van der Waals surface area (Å²) in [6.07, 6.45) is 16.0. The van der Waals surface area contributed by atoms with Gasteiger partial charge >= 0.3 is 0 Å². The zero-order valence-electron chi connectivity index (χ0n) is 14.1. The van der Waals surface area contributed by atoms with E-state index in [0.29, 0.717) is 6.54 Å². The quantitative estimate of drug-likeness (QED) is 0.563. The number of carbonyl (C=O) groups is 1. The van der Waals surface area contributed by atoms with Gasteiger partial charge in [0.1, 0.15) is 0 Å². The monoisotopic (exact) mass is 296 g/mol. The van der Waals surface area contributed by atoms with Crippen LogP contribution in [0.1, 0.15) is 90.4 Å². The maximum absolute atomic E-state index is 12.4. The van der Waals surface area contributed by atoms with Gasteiger partial charge in [-0.15, -0.1) is 0 Å². The van der Waals surface area contributed by atoms with Crippen LogP contribution in [0.25, 0.3) is 0 Å². The van der Waals surface area contributed by atoms with Gasteiger partial charge < -0.3 is 11.1 Å². The van der Waals surface area contributed by atoms with Crippen molar-refractivity contribution in [3.05, 3.63) is 0 Å². The van der Waals surface area contributed by atoms with E-state index in [0.717, 1.165) is 38.6 Å². The summed E-state index contributed by atoms with van der Waals surface area (Å²) in [5.74, 6) is 0.215. The molecule has 3 heteroatoms. The predicted octanol–water partition coefficient (Wildman–Crippen LogP) is 4.15. The second-order valence-electron chi connectivity index (χ2n) is 6.78. The van der Waals surface area contributed by atoms with E-state index in [1.807, 2.05) is 0 Å².